The van der Waals surface area contributed by atoms with Crippen LogP contribution in [-0.4, -0.2) is 33.8 Å². The van der Waals surface area contributed by atoms with E-state index in [2.05, 4.69) is 5.43 Å². The van der Waals surface area contributed by atoms with Gasteiger partial charge in [-0.2, -0.15) is 0 Å². The first-order chi connectivity index (χ1) is 12.8. The van der Waals surface area contributed by atoms with Crippen LogP contribution in [0.5, 0.6) is 0 Å². The van der Waals surface area contributed by atoms with E-state index in [1.165, 1.54) is 28.4 Å². The van der Waals surface area contributed by atoms with Crippen LogP contribution in [0.1, 0.15) is 6.42 Å². The summed E-state index contributed by atoms with van der Waals surface area (Å²) in [6.45, 7) is 0.206. The number of hydrogen-bond acceptors (Lipinski definition) is 5. The summed E-state index contributed by atoms with van der Waals surface area (Å²) in [5, 5.41) is 0. The van der Waals surface area contributed by atoms with Gasteiger partial charge in [0.2, 0.25) is 11.8 Å². The number of amides is 2. The highest BCUT2D eigenvalue weighted by molar-refractivity contribution is 7.92. The standard InChI is InChI=1S/C18H20N4O4S/c1-21(14-5-3-2-4-6-14)27(25,26)16-9-7-15(8-10-16)22-12-13(11-17(22)23)18(24)20-19/h2-10,13H,11-12,19H2,1H3,(H,20,24). The van der Waals surface area contributed by atoms with Gasteiger partial charge in [0, 0.05) is 25.7 Å². The molecule has 1 aliphatic rings. The van der Waals surface area contributed by atoms with Gasteiger partial charge in [-0.25, -0.2) is 14.3 Å². The minimum absolute atomic E-state index is 0.0693. The molecule has 3 rings (SSSR count). The second-order valence-electron chi connectivity index (χ2n) is 6.22. The van der Waals surface area contributed by atoms with E-state index in [1.807, 2.05) is 6.07 Å². The van der Waals surface area contributed by atoms with Crippen molar-refractivity contribution in [1.29, 1.82) is 0 Å². The Morgan fingerprint density at radius 1 is 1.15 bits per heavy atom. The van der Waals surface area contributed by atoms with Gasteiger partial charge < -0.3 is 4.90 Å². The Morgan fingerprint density at radius 3 is 2.37 bits per heavy atom. The number of benzene rings is 2. The lowest BCUT2D eigenvalue weighted by molar-refractivity contribution is -0.126. The molecule has 1 atom stereocenters. The molecule has 0 spiro atoms. The lowest BCUT2D eigenvalue weighted by Crippen LogP contribution is -2.37. The van der Waals surface area contributed by atoms with E-state index < -0.39 is 21.8 Å². The quantitative estimate of drug-likeness (QED) is 0.448. The maximum absolute atomic E-state index is 12.8. The molecule has 0 radical (unpaired) electrons. The van der Waals surface area contributed by atoms with Crippen molar-refractivity contribution in [3.8, 4) is 0 Å². The topological polar surface area (TPSA) is 113 Å². The molecule has 1 saturated heterocycles. The van der Waals surface area contributed by atoms with E-state index in [0.29, 0.717) is 11.4 Å². The highest BCUT2D eigenvalue weighted by atomic mass is 32.2. The van der Waals surface area contributed by atoms with Crippen LogP contribution in [0.25, 0.3) is 0 Å². The van der Waals surface area contributed by atoms with Crippen molar-refractivity contribution < 1.29 is 18.0 Å². The number of para-hydroxylation sites is 1. The molecule has 2 aromatic rings. The molecule has 1 heterocycles. The van der Waals surface area contributed by atoms with Crippen LogP contribution in [0.4, 0.5) is 11.4 Å². The average Bonchev–Trinajstić information content (AvgIpc) is 3.09. The van der Waals surface area contributed by atoms with Crippen molar-refractivity contribution in [2.45, 2.75) is 11.3 Å². The molecule has 1 fully saturated rings. The molecular weight excluding hydrogens is 368 g/mol. The number of nitrogens with one attached hydrogen (secondary N) is 1. The lowest BCUT2D eigenvalue weighted by atomic mass is 10.1. The molecule has 3 N–H and O–H groups in total. The largest absolute Gasteiger partial charge is 0.312 e. The van der Waals surface area contributed by atoms with E-state index in [0.717, 1.165) is 0 Å². The summed E-state index contributed by atoms with van der Waals surface area (Å²) in [7, 11) is -2.24. The van der Waals surface area contributed by atoms with Crippen molar-refractivity contribution >= 4 is 33.2 Å². The van der Waals surface area contributed by atoms with Gasteiger partial charge in [0.05, 0.1) is 16.5 Å². The number of nitrogens with zero attached hydrogens (tertiary/aromatic N) is 2. The van der Waals surface area contributed by atoms with E-state index >= 15 is 0 Å². The molecule has 9 heteroatoms. The predicted octanol–water partition coefficient (Wildman–Crippen LogP) is 0.855. The first-order valence-electron chi connectivity index (χ1n) is 8.29. The maximum Gasteiger partial charge on any atom is 0.264 e. The molecule has 8 nitrogen and oxygen atoms in total. The summed E-state index contributed by atoms with van der Waals surface area (Å²) in [5.74, 6) is 4.00. The minimum atomic E-state index is -3.72. The third-order valence-electron chi connectivity index (χ3n) is 4.56. The Bertz CT molecular complexity index is 945. The Morgan fingerprint density at radius 2 is 1.78 bits per heavy atom. The molecule has 0 bridgehead atoms. The molecule has 1 aliphatic heterocycles. The Labute approximate surface area is 157 Å². The molecule has 0 aromatic heterocycles. The predicted molar refractivity (Wildman–Crippen MR) is 101 cm³/mol. The molecular formula is C18H20N4O4S. The zero-order valence-electron chi connectivity index (χ0n) is 14.7. The molecule has 0 saturated carbocycles. The normalized spacial score (nSPS) is 17.0. The maximum atomic E-state index is 12.8. The highest BCUT2D eigenvalue weighted by Gasteiger charge is 2.35. The number of carbonyl (C=O) groups is 2. The fourth-order valence-electron chi connectivity index (χ4n) is 2.98. The fraction of sp³-hybridized carbons (Fsp3) is 0.222. The number of carbonyl (C=O) groups excluding carboxylic acids is 2. The van der Waals surface area contributed by atoms with Crippen molar-refractivity contribution in [3.63, 3.8) is 0 Å². The van der Waals surface area contributed by atoms with Gasteiger partial charge in [-0.15, -0.1) is 0 Å². The monoisotopic (exact) mass is 388 g/mol. The van der Waals surface area contributed by atoms with Gasteiger partial charge in [-0.1, -0.05) is 18.2 Å². The van der Waals surface area contributed by atoms with Crippen molar-refractivity contribution in [1.82, 2.24) is 5.43 Å². The first-order valence-corrected chi connectivity index (χ1v) is 9.73. The number of anilines is 2. The zero-order valence-corrected chi connectivity index (χ0v) is 15.5. The third-order valence-corrected chi connectivity index (χ3v) is 6.36. The van der Waals surface area contributed by atoms with Gasteiger partial charge in [0.1, 0.15) is 0 Å². The molecule has 1 unspecified atom stereocenters. The van der Waals surface area contributed by atoms with E-state index in [9.17, 15) is 18.0 Å². The summed E-state index contributed by atoms with van der Waals surface area (Å²) < 4.78 is 26.8. The summed E-state index contributed by atoms with van der Waals surface area (Å²) in [4.78, 5) is 25.4. The highest BCUT2D eigenvalue weighted by Crippen LogP contribution is 2.28. The van der Waals surface area contributed by atoms with Crippen LogP contribution < -0.4 is 20.5 Å². The van der Waals surface area contributed by atoms with Crippen molar-refractivity contribution in [3.05, 3.63) is 54.6 Å². The molecule has 27 heavy (non-hydrogen) atoms. The second kappa shape index (κ2) is 7.37. The van der Waals surface area contributed by atoms with Crippen LogP contribution >= 0.6 is 0 Å². The number of nitrogens with two attached hydrogens (primary N) is 1. The molecule has 142 valence electrons. The summed E-state index contributed by atoms with van der Waals surface area (Å²) in [6.07, 6.45) is 0.0693. The Kier molecular flexibility index (Phi) is 5.15. The molecule has 2 amide bonds. The summed E-state index contributed by atoms with van der Waals surface area (Å²) in [6, 6.07) is 14.8. The van der Waals surface area contributed by atoms with E-state index in [4.69, 9.17) is 5.84 Å². The smallest absolute Gasteiger partial charge is 0.264 e. The van der Waals surface area contributed by atoms with Gasteiger partial charge in [0.15, 0.2) is 0 Å². The minimum Gasteiger partial charge on any atom is -0.312 e. The molecule has 0 aliphatic carbocycles. The van der Waals surface area contributed by atoms with Crippen molar-refractivity contribution in [2.24, 2.45) is 11.8 Å². The molecule has 2 aromatic carbocycles. The van der Waals surface area contributed by atoms with E-state index in [1.54, 1.807) is 36.4 Å². The summed E-state index contributed by atoms with van der Waals surface area (Å²) in [5.41, 5.74) is 3.14. The average molecular weight is 388 g/mol. The Hall–Kier alpha value is -2.91. The lowest BCUT2D eigenvalue weighted by Gasteiger charge is -2.21. The Balaban J connectivity index is 1.81. The van der Waals surface area contributed by atoms with Gasteiger partial charge in [-0.3, -0.25) is 19.3 Å². The van der Waals surface area contributed by atoms with Crippen LogP contribution in [-0.2, 0) is 19.6 Å². The van der Waals surface area contributed by atoms with Crippen LogP contribution in [0.15, 0.2) is 59.5 Å². The fourth-order valence-corrected chi connectivity index (χ4v) is 4.18. The SMILES string of the molecule is CN(c1ccccc1)S(=O)(=O)c1ccc(N2CC(C(=O)NN)CC2=O)cc1. The zero-order chi connectivity index (χ0) is 19.6. The summed E-state index contributed by atoms with van der Waals surface area (Å²) >= 11 is 0. The van der Waals surface area contributed by atoms with Crippen LogP contribution in [0.3, 0.4) is 0 Å². The number of sulfonamides is 1. The van der Waals surface area contributed by atoms with Gasteiger partial charge in [0.25, 0.3) is 10.0 Å². The first kappa shape index (κ1) is 18.9. The second-order valence-corrected chi connectivity index (χ2v) is 8.19. The van der Waals surface area contributed by atoms with Crippen LogP contribution in [0.2, 0.25) is 0 Å². The number of rotatable bonds is 5. The van der Waals surface area contributed by atoms with E-state index in [-0.39, 0.29) is 23.8 Å². The number of hydrazine groups is 1. The van der Waals surface area contributed by atoms with Gasteiger partial charge >= 0.3 is 0 Å². The van der Waals surface area contributed by atoms with Crippen LogP contribution in [0, 0.1) is 5.92 Å². The third kappa shape index (κ3) is 3.64. The van der Waals surface area contributed by atoms with Gasteiger partial charge in [-0.05, 0) is 36.4 Å². The number of hydrogen-bond donors (Lipinski definition) is 2. The van der Waals surface area contributed by atoms with Crippen molar-refractivity contribution in [2.75, 3.05) is 22.8 Å².